The highest BCUT2D eigenvalue weighted by Crippen LogP contribution is 2.28. The Morgan fingerprint density at radius 3 is 2.92 bits per heavy atom. The van der Waals surface area contributed by atoms with Gasteiger partial charge in [0, 0.05) is 11.8 Å². The second-order valence-corrected chi connectivity index (χ2v) is 3.48. The van der Waals surface area contributed by atoms with Gasteiger partial charge in [0.05, 0.1) is 29.0 Å². The maximum atomic E-state index is 5.62. The highest BCUT2D eigenvalue weighted by molar-refractivity contribution is 14.1. The first-order chi connectivity index (χ1) is 5.88. The highest BCUT2D eigenvalue weighted by atomic mass is 127. The molecule has 0 atom stereocenters. The van der Waals surface area contributed by atoms with Crippen molar-refractivity contribution in [1.82, 2.24) is 0 Å². The van der Waals surface area contributed by atoms with Crippen LogP contribution in [0.15, 0.2) is 24.3 Å². The van der Waals surface area contributed by atoms with Crippen LogP contribution in [0.5, 0.6) is 5.75 Å². The molecule has 2 rings (SSSR count). The molecule has 0 spiro atoms. The summed E-state index contributed by atoms with van der Waals surface area (Å²) in [4.78, 5) is 0. The molecule has 0 bridgehead atoms. The number of nitrogens with one attached hydrogen (secondary N) is 1. The fraction of sp³-hybridized carbons (Fsp3) is 0.333. The third-order valence-electron chi connectivity index (χ3n) is 1.77. The molecule has 0 unspecified atom stereocenters. The molecule has 1 aliphatic rings. The topological polar surface area (TPSA) is 21.3 Å². The van der Waals surface area contributed by atoms with Crippen LogP contribution in [0.2, 0.25) is 0 Å². The quantitative estimate of drug-likeness (QED) is 0.676. The van der Waals surface area contributed by atoms with E-state index in [4.69, 9.17) is 4.74 Å². The Morgan fingerprint density at radius 2 is 2.25 bits per heavy atom. The lowest BCUT2D eigenvalue weighted by molar-refractivity contribution is 0.303. The molecule has 2 nitrogen and oxygen atoms in total. The van der Waals surface area contributed by atoms with Crippen LogP contribution in [-0.4, -0.2) is 6.10 Å². The molecule has 64 valence electrons. The summed E-state index contributed by atoms with van der Waals surface area (Å²) in [5.41, 5.74) is 1.09. The summed E-state index contributed by atoms with van der Waals surface area (Å²) in [6, 6.07) is 8.03. The van der Waals surface area contributed by atoms with Crippen molar-refractivity contribution in [1.29, 1.82) is 0 Å². The van der Waals surface area contributed by atoms with Gasteiger partial charge in [-0.2, -0.15) is 0 Å². The van der Waals surface area contributed by atoms with Gasteiger partial charge >= 0.3 is 0 Å². The number of anilines is 1. The minimum absolute atomic E-state index is 0.481. The van der Waals surface area contributed by atoms with Crippen molar-refractivity contribution in [3.05, 3.63) is 24.3 Å². The van der Waals surface area contributed by atoms with Crippen molar-refractivity contribution in [2.75, 3.05) is 3.53 Å². The van der Waals surface area contributed by atoms with E-state index < -0.39 is 0 Å². The molecular weight excluding hydrogens is 265 g/mol. The van der Waals surface area contributed by atoms with Crippen molar-refractivity contribution >= 4 is 28.6 Å². The summed E-state index contributed by atoms with van der Waals surface area (Å²) in [5, 5.41) is 0. The van der Waals surface area contributed by atoms with Gasteiger partial charge in [-0.05, 0) is 25.0 Å². The van der Waals surface area contributed by atoms with Crippen LogP contribution in [0.25, 0.3) is 0 Å². The van der Waals surface area contributed by atoms with Gasteiger partial charge in [-0.25, -0.2) is 0 Å². The Morgan fingerprint density at radius 1 is 1.42 bits per heavy atom. The van der Waals surface area contributed by atoms with E-state index in [9.17, 15) is 0 Å². The third-order valence-corrected chi connectivity index (χ3v) is 2.39. The molecule has 1 saturated carbocycles. The number of rotatable bonds is 3. The van der Waals surface area contributed by atoms with Gasteiger partial charge in [0.2, 0.25) is 0 Å². The predicted octanol–water partition coefficient (Wildman–Crippen LogP) is 2.99. The Balaban J connectivity index is 2.08. The minimum atomic E-state index is 0.481. The first-order valence-corrected chi connectivity index (χ1v) is 5.10. The third kappa shape index (κ3) is 2.03. The van der Waals surface area contributed by atoms with Gasteiger partial charge in [-0.3, -0.25) is 0 Å². The van der Waals surface area contributed by atoms with Gasteiger partial charge < -0.3 is 8.27 Å². The molecule has 0 amide bonds. The second-order valence-electron chi connectivity index (χ2n) is 2.94. The van der Waals surface area contributed by atoms with Crippen molar-refractivity contribution in [3.63, 3.8) is 0 Å². The first-order valence-electron chi connectivity index (χ1n) is 4.02. The zero-order valence-electron chi connectivity index (χ0n) is 6.59. The van der Waals surface area contributed by atoms with Gasteiger partial charge in [0.15, 0.2) is 0 Å². The maximum Gasteiger partial charge on any atom is 0.121 e. The monoisotopic (exact) mass is 275 g/mol. The van der Waals surface area contributed by atoms with Crippen molar-refractivity contribution in [2.24, 2.45) is 0 Å². The smallest absolute Gasteiger partial charge is 0.121 e. The Hall–Kier alpha value is -0.450. The number of halogens is 1. The van der Waals surface area contributed by atoms with Crippen LogP contribution >= 0.6 is 22.9 Å². The summed E-state index contributed by atoms with van der Waals surface area (Å²) >= 11 is 2.11. The van der Waals surface area contributed by atoms with Crippen LogP contribution in [0, 0.1) is 0 Å². The molecule has 1 aromatic carbocycles. The molecule has 1 aromatic rings. The van der Waals surface area contributed by atoms with Crippen LogP contribution in [0.1, 0.15) is 12.8 Å². The fourth-order valence-electron chi connectivity index (χ4n) is 1.01. The number of benzene rings is 1. The normalized spacial score (nSPS) is 15.8. The van der Waals surface area contributed by atoms with Crippen molar-refractivity contribution in [3.8, 4) is 5.75 Å². The first kappa shape index (κ1) is 8.16. The average molecular weight is 275 g/mol. The summed E-state index contributed by atoms with van der Waals surface area (Å²) < 4.78 is 8.68. The second kappa shape index (κ2) is 3.51. The zero-order valence-corrected chi connectivity index (χ0v) is 8.74. The van der Waals surface area contributed by atoms with Gasteiger partial charge in [0.1, 0.15) is 5.75 Å². The van der Waals surface area contributed by atoms with E-state index in [1.54, 1.807) is 0 Å². The maximum absolute atomic E-state index is 5.62. The van der Waals surface area contributed by atoms with E-state index in [-0.39, 0.29) is 0 Å². The van der Waals surface area contributed by atoms with E-state index >= 15 is 0 Å². The summed E-state index contributed by atoms with van der Waals surface area (Å²) in [5.74, 6) is 0.971. The molecule has 1 N–H and O–H groups in total. The fourth-order valence-corrected chi connectivity index (χ4v) is 1.34. The minimum Gasteiger partial charge on any atom is -0.490 e. The van der Waals surface area contributed by atoms with Crippen LogP contribution in [0.3, 0.4) is 0 Å². The largest absolute Gasteiger partial charge is 0.490 e. The summed E-state index contributed by atoms with van der Waals surface area (Å²) in [7, 11) is 0. The van der Waals surface area contributed by atoms with Crippen molar-refractivity contribution in [2.45, 2.75) is 18.9 Å². The number of hydrogen-bond donors (Lipinski definition) is 1. The molecule has 0 heterocycles. The molecule has 12 heavy (non-hydrogen) atoms. The lowest BCUT2D eigenvalue weighted by atomic mass is 10.3. The Kier molecular flexibility index (Phi) is 2.39. The van der Waals surface area contributed by atoms with Gasteiger partial charge in [-0.15, -0.1) is 0 Å². The van der Waals surface area contributed by atoms with E-state index in [0.717, 1.165) is 11.4 Å². The molecule has 0 aromatic heterocycles. The molecule has 0 aliphatic heterocycles. The standard InChI is InChI=1S/C9H10INO/c10-11-7-2-1-3-9(6-7)12-8-4-5-8/h1-3,6,8,11H,4-5H2. The average Bonchev–Trinajstić information content (AvgIpc) is 2.89. The Labute approximate surface area is 85.8 Å². The van der Waals surface area contributed by atoms with Crippen LogP contribution in [0.4, 0.5) is 5.69 Å². The Bertz CT molecular complexity index is 273. The molecular formula is C9H10INO. The van der Waals surface area contributed by atoms with Gasteiger partial charge in [-0.1, -0.05) is 6.07 Å². The van der Waals surface area contributed by atoms with E-state index in [1.165, 1.54) is 12.8 Å². The molecule has 0 radical (unpaired) electrons. The van der Waals surface area contributed by atoms with Crippen LogP contribution < -0.4 is 8.27 Å². The van der Waals surface area contributed by atoms with Crippen molar-refractivity contribution < 1.29 is 4.74 Å². The SMILES string of the molecule is INc1cccc(OC2CC2)c1. The molecule has 3 heteroatoms. The van der Waals surface area contributed by atoms with Gasteiger partial charge in [0.25, 0.3) is 0 Å². The summed E-state index contributed by atoms with van der Waals surface area (Å²) in [6.07, 6.45) is 2.90. The number of ether oxygens (including phenoxy) is 1. The zero-order chi connectivity index (χ0) is 8.39. The summed E-state index contributed by atoms with van der Waals surface area (Å²) in [6.45, 7) is 0. The van der Waals surface area contributed by atoms with Crippen LogP contribution in [-0.2, 0) is 0 Å². The van der Waals surface area contributed by atoms with E-state index in [0.29, 0.717) is 6.10 Å². The lowest BCUT2D eigenvalue weighted by Crippen LogP contribution is -1.95. The molecule has 1 aliphatic carbocycles. The molecule has 0 saturated heterocycles. The highest BCUT2D eigenvalue weighted by Gasteiger charge is 2.23. The predicted molar refractivity (Wildman–Crippen MR) is 57.7 cm³/mol. The number of hydrogen-bond acceptors (Lipinski definition) is 2. The molecule has 1 fully saturated rings. The lowest BCUT2D eigenvalue weighted by Gasteiger charge is -2.05. The van der Waals surface area contributed by atoms with E-state index in [2.05, 4.69) is 26.4 Å². The van der Waals surface area contributed by atoms with E-state index in [1.807, 2.05) is 24.3 Å².